The van der Waals surface area contributed by atoms with E-state index in [0.717, 1.165) is 31.7 Å². The molecule has 1 aromatic heterocycles. The van der Waals surface area contributed by atoms with E-state index >= 15 is 0 Å². The van der Waals surface area contributed by atoms with Crippen molar-refractivity contribution in [1.82, 2.24) is 9.97 Å². The van der Waals surface area contributed by atoms with Gasteiger partial charge in [0.2, 0.25) is 5.95 Å². The molecule has 0 bridgehead atoms. The molecule has 198 valence electrons. The number of thioether (sulfide) groups is 1. The summed E-state index contributed by atoms with van der Waals surface area (Å²) < 4.78 is 10.8. The number of rotatable bonds is 14. The van der Waals surface area contributed by atoms with Crippen molar-refractivity contribution in [3.05, 3.63) is 41.7 Å². The van der Waals surface area contributed by atoms with Gasteiger partial charge >= 0.3 is 5.97 Å². The highest BCUT2D eigenvalue weighted by Crippen LogP contribution is 2.33. The lowest BCUT2D eigenvalue weighted by atomic mass is 9.80. The van der Waals surface area contributed by atoms with Gasteiger partial charge in [-0.3, -0.25) is 4.79 Å². The van der Waals surface area contributed by atoms with Gasteiger partial charge in [-0.2, -0.15) is 11.8 Å². The van der Waals surface area contributed by atoms with E-state index in [9.17, 15) is 4.79 Å². The Morgan fingerprint density at radius 3 is 2.53 bits per heavy atom. The monoisotopic (exact) mass is 514 g/mol. The van der Waals surface area contributed by atoms with Crippen molar-refractivity contribution in [2.45, 2.75) is 59.4 Å². The van der Waals surface area contributed by atoms with Crippen LogP contribution in [0, 0.1) is 18.8 Å². The van der Waals surface area contributed by atoms with E-state index in [1.807, 2.05) is 6.92 Å². The maximum absolute atomic E-state index is 11.8. The number of ether oxygens (including phenoxy) is 2. The van der Waals surface area contributed by atoms with Crippen LogP contribution in [0.1, 0.15) is 57.1 Å². The molecule has 2 aromatic rings. The summed E-state index contributed by atoms with van der Waals surface area (Å²) >= 11 is 1.75. The predicted octanol–water partition coefficient (Wildman–Crippen LogP) is 5.72. The zero-order valence-electron chi connectivity index (χ0n) is 22.3. The van der Waals surface area contributed by atoms with Crippen molar-refractivity contribution >= 4 is 29.4 Å². The third-order valence-corrected chi connectivity index (χ3v) is 7.36. The van der Waals surface area contributed by atoms with Crippen molar-refractivity contribution in [3.63, 3.8) is 0 Å². The number of hydrogen-bond acceptors (Lipinski definition) is 8. The summed E-state index contributed by atoms with van der Waals surface area (Å²) in [4.78, 5) is 23.2. The van der Waals surface area contributed by atoms with E-state index in [1.54, 1.807) is 24.2 Å². The van der Waals surface area contributed by atoms with Gasteiger partial charge in [0.25, 0.3) is 0 Å². The van der Waals surface area contributed by atoms with Crippen LogP contribution in [0.25, 0.3) is 0 Å². The molecule has 1 aliphatic rings. The summed E-state index contributed by atoms with van der Waals surface area (Å²) in [6, 6.07) is 6.68. The Hall–Kier alpha value is -2.48. The third kappa shape index (κ3) is 8.87. The second-order valence-electron chi connectivity index (χ2n) is 9.50. The molecule has 1 fully saturated rings. The van der Waals surface area contributed by atoms with Crippen LogP contribution in [0.3, 0.4) is 0 Å². The summed E-state index contributed by atoms with van der Waals surface area (Å²) in [5, 5.41) is 3.39. The molecule has 0 atom stereocenters. The minimum atomic E-state index is -0.0466. The maximum atomic E-state index is 11.8. The molecule has 3 rings (SSSR count). The first-order chi connectivity index (χ1) is 17.5. The number of hydrogen-bond donors (Lipinski definition) is 1. The smallest absolute Gasteiger partial charge is 0.306 e. The topological polar surface area (TPSA) is 76.6 Å². The number of carbonyl (C=O) groups excluding carboxylic acids is 1. The Morgan fingerprint density at radius 2 is 1.86 bits per heavy atom. The molecule has 1 saturated carbocycles. The normalized spacial score (nSPS) is 17.4. The molecule has 0 unspecified atom stereocenters. The van der Waals surface area contributed by atoms with Crippen LogP contribution >= 0.6 is 11.8 Å². The number of nitrogens with zero attached hydrogens (tertiary/aromatic N) is 3. The third-order valence-electron chi connectivity index (χ3n) is 6.78. The average Bonchev–Trinajstić information content (AvgIpc) is 2.88. The highest BCUT2D eigenvalue weighted by molar-refractivity contribution is 7.98. The average molecular weight is 515 g/mol. The van der Waals surface area contributed by atoms with Gasteiger partial charge < -0.3 is 19.7 Å². The molecule has 1 N–H and O–H groups in total. The second-order valence-corrected chi connectivity index (χ2v) is 10.5. The summed E-state index contributed by atoms with van der Waals surface area (Å²) in [7, 11) is 0. The van der Waals surface area contributed by atoms with Crippen LogP contribution in [-0.4, -0.2) is 54.2 Å². The standard InChI is InChI=1S/C28H42N4O3S/c1-5-32(20-23-10-8-22(9-11-23)16-27(33)34-6-2)26-12-7-21(3)15-24(26)17-29-28-30-18-25(19-31-28)35-13-14-36-4/h7,12,15,18-19,22-23H,5-6,8-11,13-14,16-17,20H2,1-4H3,(H,29,30,31)/t22-,23-. The van der Waals surface area contributed by atoms with Crippen molar-refractivity contribution in [2.75, 3.05) is 48.5 Å². The first-order valence-electron chi connectivity index (χ1n) is 13.2. The molecule has 1 heterocycles. The molecule has 36 heavy (non-hydrogen) atoms. The number of anilines is 2. The van der Waals surface area contributed by atoms with E-state index < -0.39 is 0 Å². The van der Waals surface area contributed by atoms with E-state index in [-0.39, 0.29) is 5.97 Å². The molecule has 7 nitrogen and oxygen atoms in total. The maximum Gasteiger partial charge on any atom is 0.306 e. The molecular formula is C28H42N4O3S. The first-order valence-corrected chi connectivity index (χ1v) is 14.6. The fraction of sp³-hybridized carbons (Fsp3) is 0.607. The second kappa shape index (κ2) is 14.9. The van der Waals surface area contributed by atoms with Gasteiger partial charge in [-0.15, -0.1) is 0 Å². The van der Waals surface area contributed by atoms with E-state index in [2.05, 4.69) is 58.5 Å². The van der Waals surface area contributed by atoms with Crippen LogP contribution in [0.15, 0.2) is 30.6 Å². The van der Waals surface area contributed by atoms with Gasteiger partial charge in [-0.1, -0.05) is 17.7 Å². The molecule has 1 aromatic carbocycles. The van der Waals surface area contributed by atoms with E-state index in [4.69, 9.17) is 9.47 Å². The van der Waals surface area contributed by atoms with Crippen LogP contribution in [0.2, 0.25) is 0 Å². The SMILES string of the molecule is CCOC(=O)C[C@H]1CC[C@H](CN(CC)c2ccc(C)cc2CNc2ncc(OCCSC)cn2)CC1. The Kier molecular flexibility index (Phi) is 11.7. The molecule has 0 aliphatic heterocycles. The fourth-order valence-corrected chi connectivity index (χ4v) is 5.10. The van der Waals surface area contributed by atoms with Gasteiger partial charge in [-0.05, 0) is 76.2 Å². The predicted molar refractivity (Wildman–Crippen MR) is 149 cm³/mol. The Bertz CT molecular complexity index is 933. The van der Waals surface area contributed by atoms with Crippen molar-refractivity contribution < 1.29 is 14.3 Å². The molecule has 1 aliphatic carbocycles. The minimum absolute atomic E-state index is 0.0466. The first kappa shape index (κ1) is 28.1. The zero-order chi connectivity index (χ0) is 25.8. The highest BCUT2D eigenvalue weighted by Gasteiger charge is 2.25. The minimum Gasteiger partial charge on any atom is -0.489 e. The highest BCUT2D eigenvalue weighted by atomic mass is 32.2. The molecule has 0 radical (unpaired) electrons. The number of nitrogens with one attached hydrogen (secondary N) is 1. The van der Waals surface area contributed by atoms with Crippen molar-refractivity contribution in [3.8, 4) is 5.75 Å². The summed E-state index contributed by atoms with van der Waals surface area (Å²) in [5.41, 5.74) is 3.75. The summed E-state index contributed by atoms with van der Waals surface area (Å²) in [6.07, 6.45) is 10.6. The lowest BCUT2D eigenvalue weighted by Crippen LogP contribution is -2.32. The number of aryl methyl sites for hydroxylation is 1. The lowest BCUT2D eigenvalue weighted by molar-refractivity contribution is -0.144. The van der Waals surface area contributed by atoms with E-state index in [1.165, 1.54) is 29.7 Å². The summed E-state index contributed by atoms with van der Waals surface area (Å²) in [6.45, 7) is 10.0. The van der Waals surface area contributed by atoms with E-state index in [0.29, 0.717) is 49.7 Å². The van der Waals surface area contributed by atoms with Gasteiger partial charge in [0.15, 0.2) is 5.75 Å². The van der Waals surface area contributed by atoms with Gasteiger partial charge in [-0.25, -0.2) is 9.97 Å². The van der Waals surface area contributed by atoms with Gasteiger partial charge in [0.1, 0.15) is 0 Å². The number of esters is 1. The van der Waals surface area contributed by atoms with Crippen LogP contribution < -0.4 is 15.0 Å². The van der Waals surface area contributed by atoms with Crippen molar-refractivity contribution in [1.29, 1.82) is 0 Å². The molecule has 8 heteroatoms. The van der Waals surface area contributed by atoms with Crippen molar-refractivity contribution in [2.24, 2.45) is 11.8 Å². The fourth-order valence-electron chi connectivity index (χ4n) is 4.85. The van der Waals surface area contributed by atoms with Crippen LogP contribution in [0.5, 0.6) is 5.75 Å². The quantitative estimate of drug-likeness (QED) is 0.253. The Labute approximate surface area is 220 Å². The number of carbonyl (C=O) groups is 1. The largest absolute Gasteiger partial charge is 0.489 e. The van der Waals surface area contributed by atoms with Crippen LogP contribution in [-0.2, 0) is 16.1 Å². The Morgan fingerprint density at radius 1 is 1.14 bits per heavy atom. The summed E-state index contributed by atoms with van der Waals surface area (Å²) in [5.74, 6) is 3.31. The Balaban J connectivity index is 1.57. The number of aromatic nitrogens is 2. The zero-order valence-corrected chi connectivity index (χ0v) is 23.1. The molecule has 0 spiro atoms. The lowest BCUT2D eigenvalue weighted by Gasteiger charge is -2.34. The van der Waals surface area contributed by atoms with Gasteiger partial charge in [0, 0.05) is 37.5 Å². The molecule has 0 saturated heterocycles. The van der Waals surface area contributed by atoms with Crippen LogP contribution in [0.4, 0.5) is 11.6 Å². The molecule has 0 amide bonds. The molecular weight excluding hydrogens is 472 g/mol. The number of benzene rings is 1. The van der Waals surface area contributed by atoms with Gasteiger partial charge in [0.05, 0.1) is 25.6 Å².